The third-order valence-corrected chi connectivity index (χ3v) is 6.79. The Kier molecular flexibility index (Phi) is 8.96. The van der Waals surface area contributed by atoms with Crippen LogP contribution in [0, 0.1) is 11.7 Å². The van der Waals surface area contributed by atoms with Gasteiger partial charge >= 0.3 is 11.9 Å². The molecule has 0 unspecified atom stereocenters. The van der Waals surface area contributed by atoms with E-state index in [-0.39, 0.29) is 23.7 Å². The summed E-state index contributed by atoms with van der Waals surface area (Å²) in [6.45, 7) is 0. The van der Waals surface area contributed by atoms with Crippen LogP contribution in [-0.2, 0) is 22.4 Å². The molecule has 6 nitrogen and oxygen atoms in total. The van der Waals surface area contributed by atoms with Crippen molar-refractivity contribution in [2.24, 2.45) is 5.92 Å². The average Bonchev–Trinajstić information content (AvgIpc) is 2.94. The molecule has 0 aliphatic carbocycles. The number of aryl methyl sites for hydroxylation is 1. The van der Waals surface area contributed by atoms with E-state index < -0.39 is 17.9 Å². The minimum Gasteiger partial charge on any atom is -0.507 e. The number of aromatic hydroxyl groups is 2. The van der Waals surface area contributed by atoms with Gasteiger partial charge in [0.2, 0.25) is 0 Å². The summed E-state index contributed by atoms with van der Waals surface area (Å²) in [5.74, 6) is -3.85. The molecule has 4 N–H and O–H groups in total. The van der Waals surface area contributed by atoms with Crippen LogP contribution in [0.25, 0.3) is 21.5 Å². The molecule has 0 radical (unpaired) electrons. The van der Waals surface area contributed by atoms with E-state index in [0.29, 0.717) is 24.8 Å². The molecule has 0 amide bonds. The minimum atomic E-state index is -1.40. The summed E-state index contributed by atoms with van der Waals surface area (Å²) >= 11 is 0. The van der Waals surface area contributed by atoms with E-state index in [1.165, 1.54) is 12.1 Å². The Morgan fingerprint density at radius 2 is 1.23 bits per heavy atom. The van der Waals surface area contributed by atoms with Crippen molar-refractivity contribution in [3.63, 3.8) is 0 Å². The molecule has 5 aromatic rings. The molecule has 204 valence electrons. The van der Waals surface area contributed by atoms with E-state index in [1.807, 2.05) is 72.8 Å². The molecule has 0 aliphatic rings. The predicted molar refractivity (Wildman–Crippen MR) is 152 cm³/mol. The molecule has 7 heteroatoms. The van der Waals surface area contributed by atoms with Crippen molar-refractivity contribution in [2.45, 2.75) is 25.7 Å². The monoisotopic (exact) mass is 540 g/mol. The van der Waals surface area contributed by atoms with Crippen LogP contribution in [0.4, 0.5) is 4.39 Å². The smallest absolute Gasteiger partial charge is 0.317 e. The Labute approximate surface area is 230 Å². The second kappa shape index (κ2) is 12.8. The maximum Gasteiger partial charge on any atom is 0.317 e. The number of phenols is 2. The molecule has 0 aliphatic heterocycles. The lowest BCUT2D eigenvalue weighted by molar-refractivity contribution is -0.154. The molecule has 0 saturated carbocycles. The highest BCUT2D eigenvalue weighted by Gasteiger charge is 2.25. The van der Waals surface area contributed by atoms with Gasteiger partial charge in [-0.1, -0.05) is 84.9 Å². The van der Waals surface area contributed by atoms with Crippen LogP contribution in [0.2, 0.25) is 0 Å². The second-order valence-electron chi connectivity index (χ2n) is 9.52. The van der Waals surface area contributed by atoms with E-state index in [2.05, 4.69) is 0 Å². The molecule has 0 fully saturated rings. The lowest BCUT2D eigenvalue weighted by Crippen LogP contribution is -2.23. The van der Waals surface area contributed by atoms with Crippen LogP contribution in [0.3, 0.4) is 0 Å². The van der Waals surface area contributed by atoms with Gasteiger partial charge in [0.05, 0.1) is 0 Å². The van der Waals surface area contributed by atoms with Crippen LogP contribution >= 0.6 is 0 Å². The van der Waals surface area contributed by atoms with E-state index in [1.54, 1.807) is 12.1 Å². The maximum atomic E-state index is 13.2. The average molecular weight is 541 g/mol. The maximum absolute atomic E-state index is 13.2. The van der Waals surface area contributed by atoms with E-state index in [4.69, 9.17) is 10.2 Å². The molecule has 5 rings (SSSR count). The normalized spacial score (nSPS) is 10.8. The number of carbonyl (C=O) groups is 2. The van der Waals surface area contributed by atoms with Crippen LogP contribution in [-0.4, -0.2) is 32.4 Å². The molecule has 0 saturated heterocycles. The third kappa shape index (κ3) is 6.74. The summed E-state index contributed by atoms with van der Waals surface area (Å²) in [4.78, 5) is 21.6. The number of aliphatic carboxylic acids is 2. The van der Waals surface area contributed by atoms with Gasteiger partial charge < -0.3 is 20.4 Å². The van der Waals surface area contributed by atoms with E-state index in [9.17, 15) is 24.2 Å². The van der Waals surface area contributed by atoms with Crippen LogP contribution in [0.5, 0.6) is 11.5 Å². The number of hydrogen-bond acceptors (Lipinski definition) is 4. The lowest BCUT2D eigenvalue weighted by atomic mass is 9.97. The number of rotatable bonds is 8. The fourth-order valence-corrected chi connectivity index (χ4v) is 4.66. The minimum absolute atomic E-state index is 0.0386. The van der Waals surface area contributed by atoms with E-state index >= 15 is 0 Å². The van der Waals surface area contributed by atoms with Crippen molar-refractivity contribution < 1.29 is 34.4 Å². The number of carboxylic acids is 2. The fourth-order valence-electron chi connectivity index (χ4n) is 4.66. The molecule has 0 atom stereocenters. The fraction of sp³-hybridized carbons (Fsp3) is 0.152. The summed E-state index contributed by atoms with van der Waals surface area (Å²) in [6, 6.07) is 29.1. The van der Waals surface area contributed by atoms with Gasteiger partial charge in [-0.25, -0.2) is 4.39 Å². The van der Waals surface area contributed by atoms with Crippen molar-refractivity contribution in [3.8, 4) is 11.5 Å². The highest BCUT2D eigenvalue weighted by molar-refractivity contribution is 5.93. The Balaban J connectivity index is 0.000000186. The molecule has 0 heterocycles. The molecule has 40 heavy (non-hydrogen) atoms. The number of hydrogen-bond donors (Lipinski definition) is 4. The van der Waals surface area contributed by atoms with Crippen LogP contribution in [0.15, 0.2) is 97.1 Å². The zero-order valence-electron chi connectivity index (χ0n) is 21.6. The summed E-state index contributed by atoms with van der Waals surface area (Å²) in [6.07, 6.45) is 1.38. The number of fused-ring (bicyclic) bond motifs is 2. The van der Waals surface area contributed by atoms with Crippen molar-refractivity contribution in [1.29, 1.82) is 0 Å². The van der Waals surface area contributed by atoms with Gasteiger partial charge in [0.15, 0.2) is 5.92 Å². The zero-order chi connectivity index (χ0) is 28.6. The molecule has 0 bridgehead atoms. The third-order valence-electron chi connectivity index (χ3n) is 6.79. The Hall–Kier alpha value is -4.91. The quantitative estimate of drug-likeness (QED) is 0.159. The van der Waals surface area contributed by atoms with Gasteiger partial charge in [0, 0.05) is 17.2 Å². The first kappa shape index (κ1) is 28.1. The molecule has 0 aromatic heterocycles. The van der Waals surface area contributed by atoms with E-state index in [0.717, 1.165) is 32.7 Å². The second-order valence-corrected chi connectivity index (χ2v) is 9.52. The molecular formula is C33H29FO6. The van der Waals surface area contributed by atoms with Crippen LogP contribution in [0.1, 0.15) is 29.5 Å². The van der Waals surface area contributed by atoms with Crippen molar-refractivity contribution in [3.05, 3.63) is 120 Å². The largest absolute Gasteiger partial charge is 0.507 e. The Morgan fingerprint density at radius 1 is 0.675 bits per heavy atom. The summed E-state index contributed by atoms with van der Waals surface area (Å²) in [7, 11) is 0. The Morgan fingerprint density at radius 3 is 1.80 bits per heavy atom. The summed E-state index contributed by atoms with van der Waals surface area (Å²) < 4.78 is 13.2. The number of carboxylic acid groups (broad SMARTS) is 2. The van der Waals surface area contributed by atoms with Gasteiger partial charge in [0.25, 0.3) is 0 Å². The van der Waals surface area contributed by atoms with Crippen LogP contribution < -0.4 is 0 Å². The molecule has 5 aromatic carbocycles. The number of phenolic OH excluding ortho intramolecular Hbond substituents is 2. The first-order chi connectivity index (χ1) is 19.2. The number of halogens is 1. The highest BCUT2D eigenvalue weighted by Crippen LogP contribution is 2.31. The Bertz CT molecular complexity index is 1650. The SMILES string of the molecule is O=C(O)C(CCCc1ccc2ccccc2c1O)C(=O)O.Oc1c(Cc2cccc(F)c2)ccc2ccccc12. The topological polar surface area (TPSA) is 115 Å². The molecular weight excluding hydrogens is 511 g/mol. The van der Waals surface area contributed by atoms with Gasteiger partial charge in [-0.15, -0.1) is 0 Å². The van der Waals surface area contributed by atoms with Gasteiger partial charge in [-0.05, 0) is 58.9 Å². The predicted octanol–water partition coefficient (Wildman–Crippen LogP) is 6.93. The molecule has 0 spiro atoms. The zero-order valence-corrected chi connectivity index (χ0v) is 21.6. The van der Waals surface area contributed by atoms with Gasteiger partial charge in [-0.3, -0.25) is 9.59 Å². The lowest BCUT2D eigenvalue weighted by Gasteiger charge is -2.10. The number of benzene rings is 5. The van der Waals surface area contributed by atoms with Gasteiger partial charge in [-0.2, -0.15) is 0 Å². The van der Waals surface area contributed by atoms with Gasteiger partial charge in [0.1, 0.15) is 17.3 Å². The van der Waals surface area contributed by atoms with Crippen molar-refractivity contribution in [2.75, 3.05) is 0 Å². The standard InChI is InChI=1S/C17H13FO.C16H16O5/c18-15-6-3-4-12(11-15)10-14-9-8-13-5-1-2-7-16(13)17(14)19;17-14-11(5-3-7-13(15(18)19)16(20)21)9-8-10-4-1-2-6-12(10)14/h1-9,11,19H,10H2;1-2,4,6,8-9,13,17H,3,5,7H2,(H,18,19)(H,20,21). The highest BCUT2D eigenvalue weighted by atomic mass is 19.1. The summed E-state index contributed by atoms with van der Waals surface area (Å²) in [5, 5.41) is 41.6. The van der Waals surface area contributed by atoms with Crippen molar-refractivity contribution >= 4 is 33.5 Å². The first-order valence-corrected chi connectivity index (χ1v) is 12.8. The summed E-state index contributed by atoms with van der Waals surface area (Å²) in [5.41, 5.74) is 2.36. The van der Waals surface area contributed by atoms with Crippen molar-refractivity contribution in [1.82, 2.24) is 0 Å². The first-order valence-electron chi connectivity index (χ1n) is 12.8.